The lowest BCUT2D eigenvalue weighted by Crippen LogP contribution is -1.96. The molecule has 0 unspecified atom stereocenters. The summed E-state index contributed by atoms with van der Waals surface area (Å²) in [5.41, 5.74) is 1.99. The number of benzene rings is 2. The number of aromatic nitrogens is 2. The lowest BCUT2D eigenvalue weighted by Gasteiger charge is -2.05. The number of fused-ring (bicyclic) bond motifs is 1. The maximum Gasteiger partial charge on any atom is 0.271 e. The van der Waals surface area contributed by atoms with E-state index >= 15 is 0 Å². The van der Waals surface area contributed by atoms with Crippen molar-refractivity contribution in [2.24, 2.45) is 0 Å². The molecule has 0 saturated heterocycles. The van der Waals surface area contributed by atoms with Crippen LogP contribution in [0.3, 0.4) is 0 Å². The SMILES string of the molecule is O=[N+]([O-])c1ccc2ncc(Nc3ccccc3)nc2c1. The van der Waals surface area contributed by atoms with Gasteiger partial charge >= 0.3 is 0 Å². The van der Waals surface area contributed by atoms with Gasteiger partial charge in [-0.15, -0.1) is 0 Å². The van der Waals surface area contributed by atoms with Crippen molar-refractivity contribution in [3.05, 3.63) is 64.8 Å². The van der Waals surface area contributed by atoms with Gasteiger partial charge in [0.2, 0.25) is 0 Å². The van der Waals surface area contributed by atoms with Gasteiger partial charge in [0.25, 0.3) is 5.69 Å². The Kier molecular flexibility index (Phi) is 2.96. The van der Waals surface area contributed by atoms with E-state index < -0.39 is 4.92 Å². The van der Waals surface area contributed by atoms with Gasteiger partial charge in [-0.25, -0.2) is 4.98 Å². The summed E-state index contributed by atoms with van der Waals surface area (Å²) in [4.78, 5) is 18.9. The Bertz CT molecular complexity index is 774. The van der Waals surface area contributed by atoms with Crippen LogP contribution >= 0.6 is 0 Å². The van der Waals surface area contributed by atoms with Gasteiger partial charge < -0.3 is 5.32 Å². The number of para-hydroxylation sites is 1. The van der Waals surface area contributed by atoms with Crippen LogP contribution in [0.4, 0.5) is 17.2 Å². The molecule has 0 atom stereocenters. The van der Waals surface area contributed by atoms with E-state index in [9.17, 15) is 10.1 Å². The van der Waals surface area contributed by atoms with E-state index in [1.165, 1.54) is 12.1 Å². The highest BCUT2D eigenvalue weighted by Gasteiger charge is 2.08. The second kappa shape index (κ2) is 4.93. The highest BCUT2D eigenvalue weighted by Crippen LogP contribution is 2.20. The molecule has 0 aliphatic rings. The molecule has 3 aromatic rings. The molecule has 2 aromatic carbocycles. The average molecular weight is 266 g/mol. The van der Waals surface area contributed by atoms with Crippen molar-refractivity contribution in [1.29, 1.82) is 0 Å². The Morgan fingerprint density at radius 2 is 1.85 bits per heavy atom. The fraction of sp³-hybridized carbons (Fsp3) is 0. The van der Waals surface area contributed by atoms with Crippen molar-refractivity contribution in [1.82, 2.24) is 9.97 Å². The predicted octanol–water partition coefficient (Wildman–Crippen LogP) is 3.28. The third kappa shape index (κ3) is 2.39. The molecule has 1 heterocycles. The summed E-state index contributed by atoms with van der Waals surface area (Å²) in [5, 5.41) is 13.9. The number of rotatable bonds is 3. The third-order valence-corrected chi connectivity index (χ3v) is 2.78. The quantitative estimate of drug-likeness (QED) is 0.581. The molecule has 0 fully saturated rings. The summed E-state index contributed by atoms with van der Waals surface area (Å²) in [6, 6.07) is 14.0. The summed E-state index contributed by atoms with van der Waals surface area (Å²) >= 11 is 0. The minimum absolute atomic E-state index is 0.00339. The topological polar surface area (TPSA) is 81.0 Å². The largest absolute Gasteiger partial charge is 0.339 e. The summed E-state index contributed by atoms with van der Waals surface area (Å²) in [6.45, 7) is 0. The van der Waals surface area contributed by atoms with E-state index in [0.717, 1.165) is 5.69 Å². The summed E-state index contributed by atoms with van der Waals surface area (Å²) in [5.74, 6) is 0.546. The van der Waals surface area contributed by atoms with Crippen LogP contribution in [0.25, 0.3) is 11.0 Å². The number of non-ortho nitro benzene ring substituents is 1. The van der Waals surface area contributed by atoms with E-state index in [4.69, 9.17) is 0 Å². The lowest BCUT2D eigenvalue weighted by atomic mass is 10.2. The highest BCUT2D eigenvalue weighted by atomic mass is 16.6. The standard InChI is InChI=1S/C14H10N4O2/c19-18(20)11-6-7-12-13(8-11)17-14(9-15-12)16-10-4-2-1-3-5-10/h1-9H,(H,16,17). The molecule has 0 bridgehead atoms. The smallest absolute Gasteiger partial charge is 0.271 e. The molecular formula is C14H10N4O2. The van der Waals surface area contributed by atoms with E-state index in [0.29, 0.717) is 16.9 Å². The fourth-order valence-electron chi connectivity index (χ4n) is 1.84. The molecule has 0 aliphatic carbocycles. The molecule has 20 heavy (non-hydrogen) atoms. The first-order chi connectivity index (χ1) is 9.72. The van der Waals surface area contributed by atoms with Gasteiger partial charge in [0.15, 0.2) is 0 Å². The van der Waals surface area contributed by atoms with Crippen LogP contribution < -0.4 is 5.32 Å². The van der Waals surface area contributed by atoms with Crippen LogP contribution in [0, 0.1) is 10.1 Å². The molecule has 0 spiro atoms. The molecule has 0 saturated carbocycles. The van der Waals surface area contributed by atoms with Crippen LogP contribution in [0.15, 0.2) is 54.7 Å². The molecule has 1 aromatic heterocycles. The van der Waals surface area contributed by atoms with Gasteiger partial charge in [-0.3, -0.25) is 15.1 Å². The van der Waals surface area contributed by atoms with Crippen LogP contribution in [0.1, 0.15) is 0 Å². The Balaban J connectivity index is 1.99. The number of nitro benzene ring substituents is 1. The monoisotopic (exact) mass is 266 g/mol. The van der Waals surface area contributed by atoms with Gasteiger partial charge in [0.1, 0.15) is 5.82 Å². The number of anilines is 2. The zero-order valence-corrected chi connectivity index (χ0v) is 10.4. The van der Waals surface area contributed by atoms with Crippen molar-refractivity contribution < 1.29 is 4.92 Å². The van der Waals surface area contributed by atoms with Crippen LogP contribution in [-0.2, 0) is 0 Å². The van der Waals surface area contributed by atoms with E-state index in [1.807, 2.05) is 30.3 Å². The van der Waals surface area contributed by atoms with Crippen LogP contribution in [0.2, 0.25) is 0 Å². The Labute approximate surface area is 114 Å². The number of hydrogen-bond acceptors (Lipinski definition) is 5. The molecule has 0 aliphatic heterocycles. The maximum atomic E-state index is 10.8. The molecule has 0 radical (unpaired) electrons. The van der Waals surface area contributed by atoms with Crippen molar-refractivity contribution in [3.8, 4) is 0 Å². The second-order valence-electron chi connectivity index (χ2n) is 4.18. The van der Waals surface area contributed by atoms with Crippen molar-refractivity contribution in [3.63, 3.8) is 0 Å². The molecule has 6 nitrogen and oxygen atoms in total. The Morgan fingerprint density at radius 3 is 2.60 bits per heavy atom. The molecular weight excluding hydrogens is 256 g/mol. The highest BCUT2D eigenvalue weighted by molar-refractivity contribution is 5.78. The molecule has 3 rings (SSSR count). The van der Waals surface area contributed by atoms with E-state index in [1.54, 1.807) is 12.3 Å². The Morgan fingerprint density at radius 1 is 1.05 bits per heavy atom. The summed E-state index contributed by atoms with van der Waals surface area (Å²) in [6.07, 6.45) is 1.60. The maximum absolute atomic E-state index is 10.8. The van der Waals surface area contributed by atoms with E-state index in [-0.39, 0.29) is 5.69 Å². The minimum atomic E-state index is -0.446. The van der Waals surface area contributed by atoms with Crippen molar-refractivity contribution in [2.45, 2.75) is 0 Å². The number of nitrogens with one attached hydrogen (secondary N) is 1. The zero-order chi connectivity index (χ0) is 13.9. The zero-order valence-electron chi connectivity index (χ0n) is 10.4. The number of hydrogen-bond donors (Lipinski definition) is 1. The van der Waals surface area contributed by atoms with Crippen LogP contribution in [-0.4, -0.2) is 14.9 Å². The van der Waals surface area contributed by atoms with Gasteiger partial charge in [-0.1, -0.05) is 18.2 Å². The number of nitrogens with zero attached hydrogens (tertiary/aromatic N) is 3. The van der Waals surface area contributed by atoms with Gasteiger partial charge in [0.05, 0.1) is 22.2 Å². The van der Waals surface area contributed by atoms with Gasteiger partial charge in [-0.2, -0.15) is 0 Å². The first kappa shape index (κ1) is 12.0. The van der Waals surface area contributed by atoms with Gasteiger partial charge in [0, 0.05) is 17.8 Å². The predicted molar refractivity (Wildman–Crippen MR) is 75.9 cm³/mol. The second-order valence-corrected chi connectivity index (χ2v) is 4.18. The first-order valence-corrected chi connectivity index (χ1v) is 5.96. The number of nitro groups is 1. The molecule has 98 valence electrons. The van der Waals surface area contributed by atoms with Gasteiger partial charge in [-0.05, 0) is 18.2 Å². The normalized spacial score (nSPS) is 10.4. The third-order valence-electron chi connectivity index (χ3n) is 2.78. The molecule has 0 amide bonds. The lowest BCUT2D eigenvalue weighted by molar-refractivity contribution is -0.384. The van der Waals surface area contributed by atoms with Crippen molar-refractivity contribution >= 4 is 28.2 Å². The molecule has 1 N–H and O–H groups in total. The molecule has 6 heteroatoms. The average Bonchev–Trinajstić information content (AvgIpc) is 2.47. The summed E-state index contributed by atoms with van der Waals surface area (Å²) < 4.78 is 0. The Hall–Kier alpha value is -3.02. The van der Waals surface area contributed by atoms with Crippen LogP contribution in [0.5, 0.6) is 0 Å². The first-order valence-electron chi connectivity index (χ1n) is 5.96. The minimum Gasteiger partial charge on any atom is -0.339 e. The summed E-state index contributed by atoms with van der Waals surface area (Å²) in [7, 11) is 0. The fourth-order valence-corrected chi connectivity index (χ4v) is 1.84. The van der Waals surface area contributed by atoms with E-state index in [2.05, 4.69) is 15.3 Å². The van der Waals surface area contributed by atoms with Crippen molar-refractivity contribution in [2.75, 3.05) is 5.32 Å².